The molecular weight excluding hydrogens is 398 g/mol. The van der Waals surface area contributed by atoms with E-state index in [4.69, 9.17) is 9.97 Å². The Morgan fingerprint density at radius 3 is 2.34 bits per heavy atom. The lowest BCUT2D eigenvalue weighted by Gasteiger charge is -2.10. The first kappa shape index (κ1) is 18.9. The normalized spacial score (nSPS) is 17.7. The Bertz CT molecular complexity index is 1450. The first-order valence-corrected chi connectivity index (χ1v) is 10.9. The minimum Gasteiger partial charge on any atom is -0.296 e. The van der Waals surface area contributed by atoms with Crippen molar-refractivity contribution in [2.45, 2.75) is 39.0 Å². The highest BCUT2D eigenvalue weighted by Gasteiger charge is 2.44. The first-order valence-electron chi connectivity index (χ1n) is 10.9. The van der Waals surface area contributed by atoms with Crippen LogP contribution in [-0.4, -0.2) is 34.3 Å². The van der Waals surface area contributed by atoms with Crippen molar-refractivity contribution in [3.05, 3.63) is 89.7 Å². The maximum absolute atomic E-state index is 5.04. The highest BCUT2D eigenvalue weighted by atomic mass is 15.4. The summed E-state index contributed by atoms with van der Waals surface area (Å²) in [6.07, 6.45) is 1.02. The number of aryl methyl sites for hydroxylation is 3. The van der Waals surface area contributed by atoms with Gasteiger partial charge in [-0.25, -0.2) is 19.9 Å². The average molecular weight is 422 g/mol. The Labute approximate surface area is 185 Å². The number of nitrogens with zero attached hydrogens (tertiary/aromatic N) is 7. The Hall–Kier alpha value is -3.87. The summed E-state index contributed by atoms with van der Waals surface area (Å²) in [6, 6.07) is 20.8. The Morgan fingerprint density at radius 2 is 1.56 bits per heavy atom. The Morgan fingerprint density at radius 1 is 0.781 bits per heavy atom. The topological polar surface area (TPSA) is 74.3 Å². The predicted octanol–water partition coefficient (Wildman–Crippen LogP) is 4.59. The molecule has 0 spiro atoms. The zero-order chi connectivity index (χ0) is 21.8. The van der Waals surface area contributed by atoms with E-state index in [1.54, 1.807) is 4.68 Å². The lowest BCUT2D eigenvalue weighted by molar-refractivity contribution is 0.775. The fraction of sp³-hybridized carbons (Fsp3) is 0.240. The molecule has 158 valence electrons. The van der Waals surface area contributed by atoms with Crippen LogP contribution in [0.25, 0.3) is 22.5 Å². The molecule has 1 saturated carbocycles. The van der Waals surface area contributed by atoms with Crippen molar-refractivity contribution in [1.29, 1.82) is 0 Å². The number of benzene rings is 2. The van der Waals surface area contributed by atoms with Gasteiger partial charge in [0.25, 0.3) is 0 Å². The van der Waals surface area contributed by atoms with Gasteiger partial charge in [-0.2, -0.15) is 4.68 Å². The second-order valence-electron chi connectivity index (χ2n) is 8.39. The Kier molecular flexibility index (Phi) is 4.18. The van der Waals surface area contributed by atoms with E-state index in [1.165, 1.54) is 0 Å². The second-order valence-corrected chi connectivity index (χ2v) is 8.39. The van der Waals surface area contributed by atoms with Crippen molar-refractivity contribution in [3.8, 4) is 11.5 Å². The molecule has 2 aromatic carbocycles. The molecule has 7 heteroatoms. The molecular formula is C25H23N7. The summed E-state index contributed by atoms with van der Waals surface area (Å²) < 4.78 is 4.09. The van der Waals surface area contributed by atoms with Crippen LogP contribution in [0.15, 0.2) is 60.7 Å². The molecule has 32 heavy (non-hydrogen) atoms. The summed E-state index contributed by atoms with van der Waals surface area (Å²) in [5.41, 5.74) is 4.32. The zero-order valence-corrected chi connectivity index (χ0v) is 18.3. The van der Waals surface area contributed by atoms with Gasteiger partial charge in [-0.05, 0) is 51.5 Å². The van der Waals surface area contributed by atoms with Crippen LogP contribution in [-0.2, 0) is 0 Å². The average Bonchev–Trinajstić information content (AvgIpc) is 3.39. The molecule has 1 fully saturated rings. The van der Waals surface area contributed by atoms with Crippen molar-refractivity contribution in [1.82, 2.24) is 34.3 Å². The maximum Gasteiger partial charge on any atom is 0.159 e. The van der Waals surface area contributed by atoms with Gasteiger partial charge in [0.05, 0.1) is 16.7 Å². The number of hydrogen-bond acceptors (Lipinski definition) is 5. The molecule has 1 aliphatic carbocycles. The first-order chi connectivity index (χ1) is 15.6. The highest BCUT2D eigenvalue weighted by molar-refractivity contribution is 5.78. The largest absolute Gasteiger partial charge is 0.296 e. The van der Waals surface area contributed by atoms with E-state index in [0.29, 0.717) is 11.8 Å². The van der Waals surface area contributed by atoms with Crippen LogP contribution in [0.5, 0.6) is 0 Å². The molecule has 6 rings (SSSR count). The van der Waals surface area contributed by atoms with Gasteiger partial charge in [0, 0.05) is 23.6 Å². The number of rotatable bonds is 4. The lowest BCUT2D eigenvalue weighted by Crippen LogP contribution is -2.07. The van der Waals surface area contributed by atoms with Crippen LogP contribution < -0.4 is 0 Å². The number of imidazole rings is 1. The second kappa shape index (κ2) is 7.09. The van der Waals surface area contributed by atoms with Gasteiger partial charge >= 0.3 is 0 Å². The highest BCUT2D eigenvalue weighted by Crippen LogP contribution is 2.54. The molecule has 0 N–H and O–H groups in total. The maximum atomic E-state index is 5.04. The van der Waals surface area contributed by atoms with Crippen LogP contribution in [0, 0.1) is 20.8 Å². The van der Waals surface area contributed by atoms with Crippen LogP contribution in [0.4, 0.5) is 0 Å². The van der Waals surface area contributed by atoms with Crippen LogP contribution in [0.3, 0.4) is 0 Å². The van der Waals surface area contributed by atoms with Crippen molar-refractivity contribution < 1.29 is 0 Å². The van der Waals surface area contributed by atoms with E-state index < -0.39 is 0 Å². The fourth-order valence-corrected chi connectivity index (χ4v) is 4.56. The van der Waals surface area contributed by atoms with Gasteiger partial charge < -0.3 is 0 Å². The van der Waals surface area contributed by atoms with E-state index in [1.807, 2.05) is 39.0 Å². The molecule has 1 aliphatic rings. The van der Waals surface area contributed by atoms with Gasteiger partial charge in [0.15, 0.2) is 5.82 Å². The van der Waals surface area contributed by atoms with Gasteiger partial charge in [-0.1, -0.05) is 30.3 Å². The smallest absolute Gasteiger partial charge is 0.159 e. The predicted molar refractivity (Wildman–Crippen MR) is 122 cm³/mol. The molecule has 0 radical (unpaired) electrons. The lowest BCUT2D eigenvalue weighted by atomic mass is 10.2. The zero-order valence-electron chi connectivity index (χ0n) is 18.3. The fourth-order valence-electron chi connectivity index (χ4n) is 4.56. The minimum atomic E-state index is 0.305. The molecule has 2 atom stereocenters. The Balaban J connectivity index is 1.42. The SMILES string of the molecule is Cc1nc(C2CC2c2nc3ccccc3n2-c2ccccc2)cc(-n2nc(C)nc2C)n1. The minimum absolute atomic E-state index is 0.305. The molecule has 7 nitrogen and oxygen atoms in total. The van der Waals surface area contributed by atoms with E-state index in [9.17, 15) is 0 Å². The van der Waals surface area contributed by atoms with Gasteiger partial charge in [-0.3, -0.25) is 4.57 Å². The molecule has 3 heterocycles. The molecule has 2 unspecified atom stereocenters. The molecule has 3 aromatic heterocycles. The summed E-state index contributed by atoms with van der Waals surface area (Å²) in [7, 11) is 0. The summed E-state index contributed by atoms with van der Waals surface area (Å²) in [6.45, 7) is 5.77. The summed E-state index contributed by atoms with van der Waals surface area (Å²) in [4.78, 5) is 18.9. The quantitative estimate of drug-likeness (QED) is 0.424. The molecule has 5 aromatic rings. The number of aromatic nitrogens is 7. The van der Waals surface area contributed by atoms with E-state index >= 15 is 0 Å². The summed E-state index contributed by atoms with van der Waals surface area (Å²) >= 11 is 0. The molecule has 0 amide bonds. The van der Waals surface area contributed by atoms with Gasteiger partial charge in [0.1, 0.15) is 23.3 Å². The van der Waals surface area contributed by atoms with E-state index in [-0.39, 0.29) is 0 Å². The van der Waals surface area contributed by atoms with Gasteiger partial charge in [-0.15, -0.1) is 5.10 Å². The third kappa shape index (κ3) is 3.09. The van der Waals surface area contributed by atoms with E-state index in [2.05, 4.69) is 62.1 Å². The van der Waals surface area contributed by atoms with Crippen LogP contribution in [0.1, 0.15) is 47.2 Å². The van der Waals surface area contributed by atoms with Crippen LogP contribution in [0.2, 0.25) is 0 Å². The monoisotopic (exact) mass is 421 g/mol. The molecule has 0 saturated heterocycles. The van der Waals surface area contributed by atoms with Crippen LogP contribution >= 0.6 is 0 Å². The van der Waals surface area contributed by atoms with Gasteiger partial charge in [0.2, 0.25) is 0 Å². The number of hydrogen-bond donors (Lipinski definition) is 0. The van der Waals surface area contributed by atoms with Crippen molar-refractivity contribution >= 4 is 11.0 Å². The van der Waals surface area contributed by atoms with Crippen molar-refractivity contribution in [3.63, 3.8) is 0 Å². The van der Waals surface area contributed by atoms with Crippen molar-refractivity contribution in [2.75, 3.05) is 0 Å². The standard InChI is InChI=1S/C25H23N7/c1-15-27-22(14-24(28-15)32-17(3)26-16(2)30-32)19-13-20(19)25-29-21-11-7-8-12-23(21)31(25)18-9-5-4-6-10-18/h4-12,14,19-20H,13H2,1-3H3. The third-order valence-electron chi connectivity index (χ3n) is 6.04. The molecule has 0 aliphatic heterocycles. The number of para-hydroxylation sites is 3. The van der Waals surface area contributed by atoms with E-state index in [0.717, 1.165) is 58.0 Å². The number of fused-ring (bicyclic) bond motifs is 1. The molecule has 0 bridgehead atoms. The summed E-state index contributed by atoms with van der Waals surface area (Å²) in [5, 5.41) is 4.50. The van der Waals surface area contributed by atoms with Crippen molar-refractivity contribution in [2.24, 2.45) is 0 Å². The summed E-state index contributed by atoms with van der Waals surface area (Å²) in [5.74, 6) is 4.78. The third-order valence-corrected chi connectivity index (χ3v) is 6.04.